The summed E-state index contributed by atoms with van der Waals surface area (Å²) in [6.07, 6.45) is 3.15. The zero-order valence-electron chi connectivity index (χ0n) is 10.9. The predicted octanol–water partition coefficient (Wildman–Crippen LogP) is 3.21. The molecule has 0 saturated heterocycles. The van der Waals surface area contributed by atoms with Crippen LogP contribution in [0.5, 0.6) is 0 Å². The second-order valence-corrected chi connectivity index (χ2v) is 5.55. The zero-order chi connectivity index (χ0) is 14.7. The highest BCUT2D eigenvalue weighted by molar-refractivity contribution is 9.10. The summed E-state index contributed by atoms with van der Waals surface area (Å²) >= 11 is 9.02. The molecule has 0 bridgehead atoms. The van der Waals surface area contributed by atoms with E-state index in [0.717, 1.165) is 4.47 Å². The maximum atomic E-state index is 12.3. The Morgan fingerprint density at radius 3 is 2.65 bits per heavy atom. The molecule has 104 valence electrons. The second-order valence-electron chi connectivity index (χ2n) is 4.24. The number of halogens is 2. The van der Waals surface area contributed by atoms with Crippen LogP contribution in [0.2, 0.25) is 5.15 Å². The van der Waals surface area contributed by atoms with Crippen LogP contribution < -0.4 is 10.2 Å². The van der Waals surface area contributed by atoms with Crippen LogP contribution in [0.4, 0.5) is 11.5 Å². The minimum atomic E-state index is -0.258. The highest BCUT2D eigenvalue weighted by Gasteiger charge is 2.15. The van der Waals surface area contributed by atoms with Crippen LogP contribution in [0.3, 0.4) is 0 Å². The first-order chi connectivity index (χ1) is 9.47. The molecule has 0 unspecified atom stereocenters. The van der Waals surface area contributed by atoms with Crippen molar-refractivity contribution < 1.29 is 4.79 Å². The molecule has 0 aliphatic carbocycles. The van der Waals surface area contributed by atoms with Crippen LogP contribution in [0.25, 0.3) is 0 Å². The molecule has 1 N–H and O–H groups in total. The smallest absolute Gasteiger partial charge is 0.259 e. The first kappa shape index (κ1) is 14.7. The Labute approximate surface area is 130 Å². The van der Waals surface area contributed by atoms with Gasteiger partial charge in [-0.25, -0.2) is 9.97 Å². The molecule has 7 heteroatoms. The molecule has 0 aliphatic rings. The molecule has 2 heterocycles. The topological polar surface area (TPSA) is 58.1 Å². The fraction of sp³-hybridized carbons (Fsp3) is 0.154. The van der Waals surface area contributed by atoms with Crippen molar-refractivity contribution in [2.24, 2.45) is 0 Å². The number of rotatable bonds is 3. The Hall–Kier alpha value is -1.66. The Bertz CT molecular complexity index is 631. The number of amides is 1. The Morgan fingerprint density at radius 2 is 2.05 bits per heavy atom. The number of aromatic nitrogens is 2. The van der Waals surface area contributed by atoms with E-state index in [2.05, 4.69) is 31.2 Å². The van der Waals surface area contributed by atoms with Gasteiger partial charge in [0, 0.05) is 24.8 Å². The first-order valence-corrected chi connectivity index (χ1v) is 6.90. The fourth-order valence-corrected chi connectivity index (χ4v) is 2.05. The number of carbonyl (C=O) groups excluding carboxylic acids is 1. The van der Waals surface area contributed by atoms with Gasteiger partial charge in [0.05, 0.1) is 17.4 Å². The molecule has 2 aromatic heterocycles. The van der Waals surface area contributed by atoms with Crippen LogP contribution in [0.1, 0.15) is 10.4 Å². The van der Waals surface area contributed by atoms with Crippen LogP contribution in [-0.4, -0.2) is 30.0 Å². The summed E-state index contributed by atoms with van der Waals surface area (Å²) in [5.41, 5.74) is 1.04. The van der Waals surface area contributed by atoms with Gasteiger partial charge in [0.1, 0.15) is 11.0 Å². The molecule has 0 aliphatic heterocycles. The monoisotopic (exact) mass is 354 g/mol. The van der Waals surface area contributed by atoms with E-state index in [9.17, 15) is 4.79 Å². The summed E-state index contributed by atoms with van der Waals surface area (Å²) in [5.74, 6) is 0.333. The maximum absolute atomic E-state index is 12.3. The number of anilines is 2. The minimum absolute atomic E-state index is 0.258. The van der Waals surface area contributed by atoms with Crippen LogP contribution in [-0.2, 0) is 0 Å². The molecule has 2 rings (SSSR count). The Morgan fingerprint density at radius 1 is 1.30 bits per heavy atom. The van der Waals surface area contributed by atoms with Gasteiger partial charge in [-0.3, -0.25) is 4.79 Å². The number of nitrogens with one attached hydrogen (secondary N) is 1. The van der Waals surface area contributed by atoms with Gasteiger partial charge < -0.3 is 10.2 Å². The van der Waals surface area contributed by atoms with E-state index in [1.54, 1.807) is 29.3 Å². The third kappa shape index (κ3) is 3.46. The first-order valence-electron chi connectivity index (χ1n) is 5.73. The van der Waals surface area contributed by atoms with E-state index < -0.39 is 0 Å². The van der Waals surface area contributed by atoms with Gasteiger partial charge in [-0.1, -0.05) is 11.6 Å². The molecular formula is C13H12BrClN4O. The molecule has 0 atom stereocenters. The number of carbonyl (C=O) groups is 1. The molecule has 2 aromatic rings. The molecule has 0 spiro atoms. The van der Waals surface area contributed by atoms with E-state index in [0.29, 0.717) is 22.2 Å². The summed E-state index contributed by atoms with van der Waals surface area (Å²) in [5, 5.41) is 3.14. The fourth-order valence-electron chi connectivity index (χ4n) is 1.60. The average Bonchev–Trinajstić information content (AvgIpc) is 2.41. The quantitative estimate of drug-likeness (QED) is 0.859. The molecule has 0 aromatic carbocycles. The SMILES string of the molecule is CN(C)c1ncc(Br)cc1C(=O)Nc1ccc(Cl)nc1. The summed E-state index contributed by atoms with van der Waals surface area (Å²) in [6.45, 7) is 0. The molecule has 0 radical (unpaired) electrons. The lowest BCUT2D eigenvalue weighted by Gasteiger charge is -2.16. The standard InChI is InChI=1S/C13H12BrClN4O/c1-19(2)12-10(5-8(14)6-17-12)13(20)18-9-3-4-11(15)16-7-9/h3-7H,1-2H3,(H,18,20). The van der Waals surface area contributed by atoms with Crippen molar-refractivity contribution in [3.8, 4) is 0 Å². The van der Waals surface area contributed by atoms with Crippen molar-refractivity contribution in [3.05, 3.63) is 45.8 Å². The lowest BCUT2D eigenvalue weighted by atomic mass is 10.2. The maximum Gasteiger partial charge on any atom is 0.259 e. The van der Waals surface area contributed by atoms with Gasteiger partial charge in [-0.05, 0) is 34.1 Å². The van der Waals surface area contributed by atoms with E-state index >= 15 is 0 Å². The highest BCUT2D eigenvalue weighted by Crippen LogP contribution is 2.21. The van der Waals surface area contributed by atoms with E-state index in [1.165, 1.54) is 6.20 Å². The Kier molecular flexibility index (Phi) is 4.57. The van der Waals surface area contributed by atoms with Crippen LogP contribution in [0.15, 0.2) is 35.1 Å². The Balaban J connectivity index is 2.28. The van der Waals surface area contributed by atoms with Gasteiger partial charge in [0.15, 0.2) is 0 Å². The largest absolute Gasteiger partial charge is 0.362 e. The van der Waals surface area contributed by atoms with Gasteiger partial charge >= 0.3 is 0 Å². The van der Waals surface area contributed by atoms with Crippen molar-refractivity contribution in [2.45, 2.75) is 0 Å². The summed E-state index contributed by atoms with van der Waals surface area (Å²) in [7, 11) is 3.66. The zero-order valence-corrected chi connectivity index (χ0v) is 13.2. The van der Waals surface area contributed by atoms with Crippen LogP contribution >= 0.6 is 27.5 Å². The van der Waals surface area contributed by atoms with Gasteiger partial charge in [-0.2, -0.15) is 0 Å². The molecule has 0 fully saturated rings. The normalized spacial score (nSPS) is 10.2. The van der Waals surface area contributed by atoms with Crippen molar-refractivity contribution in [2.75, 3.05) is 24.3 Å². The summed E-state index contributed by atoms with van der Waals surface area (Å²) < 4.78 is 0.738. The molecule has 5 nitrogen and oxygen atoms in total. The number of nitrogens with zero attached hydrogens (tertiary/aromatic N) is 3. The van der Waals surface area contributed by atoms with Crippen molar-refractivity contribution >= 4 is 44.9 Å². The van der Waals surface area contributed by atoms with Gasteiger partial charge in [0.25, 0.3) is 5.91 Å². The van der Waals surface area contributed by atoms with E-state index in [4.69, 9.17) is 11.6 Å². The van der Waals surface area contributed by atoms with Gasteiger partial charge in [-0.15, -0.1) is 0 Å². The number of hydrogen-bond donors (Lipinski definition) is 1. The summed E-state index contributed by atoms with van der Waals surface area (Å²) in [4.78, 5) is 22.2. The molecule has 0 saturated carbocycles. The van der Waals surface area contributed by atoms with Crippen LogP contribution in [0, 0.1) is 0 Å². The third-order valence-electron chi connectivity index (χ3n) is 2.49. The lowest BCUT2D eigenvalue weighted by Crippen LogP contribution is -2.19. The predicted molar refractivity (Wildman–Crippen MR) is 83.5 cm³/mol. The number of pyridine rings is 2. The lowest BCUT2D eigenvalue weighted by molar-refractivity contribution is 0.102. The molecule has 1 amide bonds. The van der Waals surface area contributed by atoms with E-state index in [-0.39, 0.29) is 5.91 Å². The highest BCUT2D eigenvalue weighted by atomic mass is 79.9. The van der Waals surface area contributed by atoms with Crippen molar-refractivity contribution in [3.63, 3.8) is 0 Å². The second kappa shape index (κ2) is 6.19. The summed E-state index contributed by atoms with van der Waals surface area (Å²) in [6, 6.07) is 5.03. The molecule has 20 heavy (non-hydrogen) atoms. The molecular weight excluding hydrogens is 344 g/mol. The minimum Gasteiger partial charge on any atom is -0.362 e. The van der Waals surface area contributed by atoms with Crippen molar-refractivity contribution in [1.82, 2.24) is 9.97 Å². The third-order valence-corrected chi connectivity index (χ3v) is 3.14. The number of hydrogen-bond acceptors (Lipinski definition) is 4. The van der Waals surface area contributed by atoms with Gasteiger partial charge in [0.2, 0.25) is 0 Å². The average molecular weight is 356 g/mol. The van der Waals surface area contributed by atoms with Crippen molar-refractivity contribution in [1.29, 1.82) is 0 Å². The van der Waals surface area contributed by atoms with E-state index in [1.807, 2.05) is 14.1 Å².